The first kappa shape index (κ1) is 15.2. The van der Waals surface area contributed by atoms with Gasteiger partial charge in [0.15, 0.2) is 0 Å². The molecule has 3 nitrogen and oxygen atoms in total. The first-order chi connectivity index (χ1) is 9.11. The zero-order valence-corrected chi connectivity index (χ0v) is 13.9. The summed E-state index contributed by atoms with van der Waals surface area (Å²) in [5.41, 5.74) is 3.51. The molecule has 3 heteroatoms. The fourth-order valence-corrected chi connectivity index (χ4v) is 3.17. The molecule has 112 valence electrons. The number of aryl methyl sites for hydroxylation is 1. The fourth-order valence-electron chi connectivity index (χ4n) is 3.17. The van der Waals surface area contributed by atoms with Crippen molar-refractivity contribution >= 4 is 11.4 Å². The Bertz CT molecular complexity index is 492. The van der Waals surface area contributed by atoms with Gasteiger partial charge >= 0.3 is 0 Å². The van der Waals surface area contributed by atoms with Crippen molar-refractivity contribution in [3.8, 4) is 0 Å². The average Bonchev–Trinajstić information content (AvgIpc) is 2.49. The van der Waals surface area contributed by atoms with Gasteiger partial charge in [-0.2, -0.15) is 0 Å². The molecule has 1 aromatic rings. The Morgan fingerprint density at radius 3 is 2.35 bits per heavy atom. The van der Waals surface area contributed by atoms with Gasteiger partial charge in [-0.3, -0.25) is 0 Å². The lowest BCUT2D eigenvalue weighted by atomic mass is 9.94. The quantitative estimate of drug-likeness (QED) is 0.908. The van der Waals surface area contributed by atoms with E-state index in [2.05, 4.69) is 77.1 Å². The molecule has 1 aliphatic heterocycles. The molecule has 1 atom stereocenters. The summed E-state index contributed by atoms with van der Waals surface area (Å²) in [4.78, 5) is 2.15. The molecule has 1 N–H and O–H groups in total. The summed E-state index contributed by atoms with van der Waals surface area (Å²) in [6.45, 7) is 10.8. The molecule has 0 bridgehead atoms. The maximum absolute atomic E-state index is 6.15. The van der Waals surface area contributed by atoms with Crippen LogP contribution in [0.2, 0.25) is 0 Å². The minimum absolute atomic E-state index is 0.0593. The average molecular weight is 276 g/mol. The van der Waals surface area contributed by atoms with Crippen molar-refractivity contribution < 1.29 is 4.74 Å². The van der Waals surface area contributed by atoms with Crippen LogP contribution in [0, 0.1) is 6.92 Å². The largest absolute Gasteiger partial charge is 0.379 e. The fraction of sp³-hybridized carbons (Fsp3) is 0.647. The molecule has 0 amide bonds. The lowest BCUT2D eigenvalue weighted by molar-refractivity contribution is -0.0662. The van der Waals surface area contributed by atoms with Gasteiger partial charge in [-0.25, -0.2) is 0 Å². The number of nitrogens with zero attached hydrogens (tertiary/aromatic N) is 1. The van der Waals surface area contributed by atoms with Crippen molar-refractivity contribution in [3.05, 3.63) is 23.8 Å². The van der Waals surface area contributed by atoms with Crippen LogP contribution < -0.4 is 10.2 Å². The maximum Gasteiger partial charge on any atom is 0.0834 e. The molecule has 0 spiro atoms. The summed E-state index contributed by atoms with van der Waals surface area (Å²) in [5, 5.41) is 3.66. The van der Waals surface area contributed by atoms with E-state index in [0.29, 0.717) is 6.04 Å². The second-order valence-corrected chi connectivity index (χ2v) is 7.26. The third-order valence-corrected chi connectivity index (χ3v) is 4.11. The van der Waals surface area contributed by atoms with Crippen LogP contribution in [0.25, 0.3) is 0 Å². The van der Waals surface area contributed by atoms with E-state index in [1.54, 1.807) is 0 Å². The van der Waals surface area contributed by atoms with E-state index in [1.807, 2.05) is 0 Å². The molecule has 1 aliphatic rings. The Kier molecular flexibility index (Phi) is 3.76. The Labute approximate surface area is 123 Å². The third-order valence-electron chi connectivity index (χ3n) is 4.11. The van der Waals surface area contributed by atoms with Gasteiger partial charge < -0.3 is 15.0 Å². The maximum atomic E-state index is 6.15. The van der Waals surface area contributed by atoms with Gasteiger partial charge in [0, 0.05) is 25.5 Å². The Morgan fingerprint density at radius 1 is 1.20 bits per heavy atom. The third kappa shape index (κ3) is 3.09. The molecule has 1 fully saturated rings. The van der Waals surface area contributed by atoms with Crippen molar-refractivity contribution in [2.75, 3.05) is 24.3 Å². The van der Waals surface area contributed by atoms with Crippen LogP contribution in [0.4, 0.5) is 11.4 Å². The first-order valence-electron chi connectivity index (χ1n) is 7.35. The van der Waals surface area contributed by atoms with Crippen molar-refractivity contribution in [1.82, 2.24) is 0 Å². The molecule has 0 saturated carbocycles. The standard InChI is InChI=1S/C17H28N2O/c1-12-8-9-13(10-14(12)19(6)7)18-15-11-16(2,3)20-17(15,4)5/h8-10,15,18H,11H2,1-7H3. The summed E-state index contributed by atoms with van der Waals surface area (Å²) in [7, 11) is 4.16. The van der Waals surface area contributed by atoms with Crippen LogP contribution in [0.15, 0.2) is 18.2 Å². The first-order valence-corrected chi connectivity index (χ1v) is 7.35. The molecular formula is C17H28N2O. The molecule has 20 heavy (non-hydrogen) atoms. The van der Waals surface area contributed by atoms with Crippen molar-refractivity contribution in [2.24, 2.45) is 0 Å². The van der Waals surface area contributed by atoms with Gasteiger partial charge in [0.25, 0.3) is 0 Å². The van der Waals surface area contributed by atoms with E-state index in [1.165, 1.54) is 16.9 Å². The Morgan fingerprint density at radius 2 is 1.85 bits per heavy atom. The number of hydrogen-bond donors (Lipinski definition) is 1. The van der Waals surface area contributed by atoms with E-state index < -0.39 is 0 Å². The summed E-state index contributed by atoms with van der Waals surface area (Å²) in [6, 6.07) is 6.88. The topological polar surface area (TPSA) is 24.5 Å². The molecule has 1 saturated heterocycles. The molecule has 0 radical (unpaired) electrons. The van der Waals surface area contributed by atoms with E-state index in [4.69, 9.17) is 4.74 Å². The lowest BCUT2D eigenvalue weighted by Crippen LogP contribution is -2.38. The minimum atomic E-state index is -0.146. The normalized spacial score (nSPS) is 23.6. The second kappa shape index (κ2) is 4.96. The van der Waals surface area contributed by atoms with Gasteiger partial charge in [-0.1, -0.05) is 6.07 Å². The highest BCUT2D eigenvalue weighted by molar-refractivity contribution is 5.62. The smallest absolute Gasteiger partial charge is 0.0834 e. The SMILES string of the molecule is Cc1ccc(NC2CC(C)(C)OC2(C)C)cc1N(C)C. The number of rotatable bonds is 3. The Balaban J connectivity index is 2.20. The summed E-state index contributed by atoms with van der Waals surface area (Å²) >= 11 is 0. The van der Waals surface area contributed by atoms with E-state index in [-0.39, 0.29) is 11.2 Å². The molecular weight excluding hydrogens is 248 g/mol. The van der Waals surface area contributed by atoms with Crippen LogP contribution in [-0.4, -0.2) is 31.3 Å². The summed E-state index contributed by atoms with van der Waals surface area (Å²) in [5.74, 6) is 0. The van der Waals surface area contributed by atoms with Gasteiger partial charge in [0.05, 0.1) is 17.2 Å². The van der Waals surface area contributed by atoms with Crippen molar-refractivity contribution in [1.29, 1.82) is 0 Å². The predicted octanol–water partition coefficient (Wildman–Crippen LogP) is 3.82. The highest BCUT2D eigenvalue weighted by atomic mass is 16.5. The van der Waals surface area contributed by atoms with Crippen LogP contribution in [0.3, 0.4) is 0 Å². The summed E-state index contributed by atoms with van der Waals surface area (Å²) < 4.78 is 6.15. The van der Waals surface area contributed by atoms with Gasteiger partial charge in [0.1, 0.15) is 0 Å². The van der Waals surface area contributed by atoms with Crippen LogP contribution in [0.5, 0.6) is 0 Å². The highest BCUT2D eigenvalue weighted by Crippen LogP contribution is 2.39. The second-order valence-electron chi connectivity index (χ2n) is 7.26. The van der Waals surface area contributed by atoms with Crippen LogP contribution in [0.1, 0.15) is 39.7 Å². The minimum Gasteiger partial charge on any atom is -0.379 e. The monoisotopic (exact) mass is 276 g/mol. The zero-order chi connectivity index (χ0) is 15.1. The van der Waals surface area contributed by atoms with E-state index in [0.717, 1.165) is 6.42 Å². The zero-order valence-electron chi connectivity index (χ0n) is 13.9. The highest BCUT2D eigenvalue weighted by Gasteiger charge is 2.45. The lowest BCUT2D eigenvalue weighted by Gasteiger charge is -2.29. The van der Waals surface area contributed by atoms with Crippen molar-refractivity contribution in [3.63, 3.8) is 0 Å². The molecule has 1 unspecified atom stereocenters. The van der Waals surface area contributed by atoms with Gasteiger partial charge in [-0.05, 0) is 58.7 Å². The number of anilines is 2. The number of hydrogen-bond acceptors (Lipinski definition) is 3. The van der Waals surface area contributed by atoms with Crippen molar-refractivity contribution in [2.45, 2.75) is 58.3 Å². The predicted molar refractivity (Wildman–Crippen MR) is 86.8 cm³/mol. The van der Waals surface area contributed by atoms with E-state index >= 15 is 0 Å². The number of nitrogens with one attached hydrogen (secondary N) is 1. The van der Waals surface area contributed by atoms with E-state index in [9.17, 15) is 0 Å². The number of benzene rings is 1. The van der Waals surface area contributed by atoms with Gasteiger partial charge in [0.2, 0.25) is 0 Å². The molecule has 0 aromatic heterocycles. The van der Waals surface area contributed by atoms with Crippen LogP contribution in [-0.2, 0) is 4.74 Å². The molecule has 1 aromatic carbocycles. The molecule has 0 aliphatic carbocycles. The van der Waals surface area contributed by atoms with Crippen LogP contribution >= 0.6 is 0 Å². The van der Waals surface area contributed by atoms with Gasteiger partial charge in [-0.15, -0.1) is 0 Å². The number of ether oxygens (including phenoxy) is 1. The summed E-state index contributed by atoms with van der Waals surface area (Å²) in [6.07, 6.45) is 1.02. The molecule has 2 rings (SSSR count). The Hall–Kier alpha value is -1.22. The molecule has 1 heterocycles.